The molecule has 0 radical (unpaired) electrons. The van der Waals surface area contributed by atoms with E-state index in [1.807, 2.05) is 48.6 Å². The number of nitrogens with zero attached hydrogens (tertiary/aromatic N) is 2. The molecule has 238 valence electrons. The van der Waals surface area contributed by atoms with Crippen LogP contribution in [-0.4, -0.2) is 86.4 Å². The van der Waals surface area contributed by atoms with E-state index in [0.29, 0.717) is 83.4 Å². The monoisotopic (exact) mass is 622 g/mol. The first kappa shape index (κ1) is 30.3. The SMILES string of the molecule is O=C1NC2CC(c3ccccc3)CN(CCOCCOCCOC/C=C/c3cnc4c(c3)[C@]3(Cc5ccc1cc5C3)C(=O)N4)C2=O. The third-order valence-electron chi connectivity index (χ3n) is 9.46. The fourth-order valence-electron chi connectivity index (χ4n) is 7.07. The number of rotatable bonds is 1. The molecule has 3 aliphatic heterocycles. The summed E-state index contributed by atoms with van der Waals surface area (Å²) < 4.78 is 17.1. The van der Waals surface area contributed by atoms with Crippen LogP contribution in [0.4, 0.5) is 5.82 Å². The van der Waals surface area contributed by atoms with Crippen LogP contribution in [0.5, 0.6) is 0 Å². The van der Waals surface area contributed by atoms with Gasteiger partial charge < -0.3 is 29.7 Å². The van der Waals surface area contributed by atoms with Crippen LogP contribution in [0, 0.1) is 0 Å². The smallest absolute Gasteiger partial charge is 0.251 e. The minimum Gasteiger partial charge on any atom is -0.377 e. The molecular formula is C36H38N4O6. The summed E-state index contributed by atoms with van der Waals surface area (Å²) in [6, 6.07) is 17.0. The van der Waals surface area contributed by atoms with Gasteiger partial charge in [-0.25, -0.2) is 4.98 Å². The van der Waals surface area contributed by atoms with E-state index in [-0.39, 0.29) is 23.6 Å². The van der Waals surface area contributed by atoms with Crippen LogP contribution in [0.2, 0.25) is 0 Å². The number of anilines is 1. The molecule has 1 saturated heterocycles. The Morgan fingerprint density at radius 3 is 2.50 bits per heavy atom. The number of piperidine rings is 1. The highest BCUT2D eigenvalue weighted by atomic mass is 16.5. The Bertz CT molecular complexity index is 1660. The van der Waals surface area contributed by atoms with E-state index >= 15 is 0 Å². The molecule has 1 spiro atoms. The maximum Gasteiger partial charge on any atom is 0.251 e. The summed E-state index contributed by atoms with van der Waals surface area (Å²) in [5, 5.41) is 6.02. The van der Waals surface area contributed by atoms with Crippen molar-refractivity contribution in [3.8, 4) is 0 Å². The number of hydrogen-bond acceptors (Lipinski definition) is 7. The van der Waals surface area contributed by atoms with Crippen molar-refractivity contribution in [3.05, 3.63) is 100 Å². The summed E-state index contributed by atoms with van der Waals surface area (Å²) in [6.45, 7) is 3.50. The van der Waals surface area contributed by atoms with E-state index in [0.717, 1.165) is 27.8 Å². The Balaban J connectivity index is 1.16. The van der Waals surface area contributed by atoms with Gasteiger partial charge >= 0.3 is 0 Å². The molecule has 1 aliphatic carbocycles. The minimum atomic E-state index is -0.783. The van der Waals surface area contributed by atoms with Crippen molar-refractivity contribution in [3.63, 3.8) is 0 Å². The van der Waals surface area contributed by atoms with Crippen LogP contribution >= 0.6 is 0 Å². The second-order valence-corrected chi connectivity index (χ2v) is 12.4. The van der Waals surface area contributed by atoms with Crippen LogP contribution in [0.25, 0.3) is 6.08 Å². The molecule has 10 heteroatoms. The standard InChI is InChI=1S/C36H38N4O6/c41-33-26-8-9-27-20-36(21-28(27)18-26)30-17-24(22-37-32(30)39-35(36)43)5-4-11-44-13-15-46-16-14-45-12-10-40-23-29(19-31(38-33)34(40)42)25-6-2-1-3-7-25/h1-9,17-18,22,29,31H,10-16,19-21,23H2,(H,38,41)(H,37,39,43)/b5-4+/t29?,31?,36-/m1/s1. The molecule has 0 saturated carbocycles. The van der Waals surface area contributed by atoms with Crippen molar-refractivity contribution in [2.45, 2.75) is 36.6 Å². The van der Waals surface area contributed by atoms with Crippen molar-refractivity contribution in [2.24, 2.45) is 0 Å². The molecule has 7 bridgehead atoms. The molecule has 2 aromatic carbocycles. The lowest BCUT2D eigenvalue weighted by Crippen LogP contribution is -2.55. The molecule has 3 amide bonds. The highest BCUT2D eigenvalue weighted by molar-refractivity contribution is 6.06. The number of nitrogens with one attached hydrogen (secondary N) is 2. The largest absolute Gasteiger partial charge is 0.377 e. The molecule has 10 nitrogen and oxygen atoms in total. The summed E-state index contributed by atoms with van der Waals surface area (Å²) in [4.78, 5) is 47.1. The molecule has 4 aliphatic rings. The van der Waals surface area contributed by atoms with Crippen molar-refractivity contribution in [2.75, 3.05) is 58.0 Å². The zero-order chi connectivity index (χ0) is 31.5. The number of carbonyl (C=O) groups excluding carboxylic acids is 3. The second kappa shape index (κ2) is 13.2. The van der Waals surface area contributed by atoms with Crippen molar-refractivity contribution < 1.29 is 28.6 Å². The Labute approximate surface area is 268 Å². The van der Waals surface area contributed by atoms with Gasteiger partial charge in [0.25, 0.3) is 5.91 Å². The number of hydrogen-bond donors (Lipinski definition) is 2. The Hall–Kier alpha value is -4.38. The second-order valence-electron chi connectivity index (χ2n) is 12.4. The zero-order valence-electron chi connectivity index (χ0n) is 25.7. The van der Waals surface area contributed by atoms with Crippen LogP contribution in [-0.2, 0) is 42.1 Å². The summed E-state index contributed by atoms with van der Waals surface area (Å²) in [7, 11) is 0. The molecule has 1 aromatic heterocycles. The molecule has 46 heavy (non-hydrogen) atoms. The summed E-state index contributed by atoms with van der Waals surface area (Å²) in [5.41, 5.74) is 4.55. The number of pyridine rings is 1. The van der Waals surface area contributed by atoms with Crippen molar-refractivity contribution >= 4 is 29.6 Å². The van der Waals surface area contributed by atoms with E-state index in [9.17, 15) is 14.4 Å². The zero-order valence-corrected chi connectivity index (χ0v) is 25.7. The Morgan fingerprint density at radius 2 is 1.65 bits per heavy atom. The number of amides is 3. The quantitative estimate of drug-likeness (QED) is 0.428. The molecule has 1 fully saturated rings. The molecule has 2 unspecified atom stereocenters. The normalized spacial score (nSPS) is 26.2. The lowest BCUT2D eigenvalue weighted by molar-refractivity contribution is -0.137. The van der Waals surface area contributed by atoms with Gasteiger partial charge in [0.05, 0.1) is 45.1 Å². The number of benzene rings is 2. The third kappa shape index (κ3) is 6.08. The molecule has 7 rings (SSSR count). The maximum atomic E-state index is 13.7. The van der Waals surface area contributed by atoms with Gasteiger partial charge in [0, 0.05) is 36.3 Å². The van der Waals surface area contributed by atoms with Gasteiger partial charge in [-0.2, -0.15) is 0 Å². The van der Waals surface area contributed by atoms with E-state index in [1.165, 1.54) is 0 Å². The van der Waals surface area contributed by atoms with Gasteiger partial charge in [0.15, 0.2) is 0 Å². The summed E-state index contributed by atoms with van der Waals surface area (Å²) >= 11 is 0. The Kier molecular flexibility index (Phi) is 8.66. The number of aromatic nitrogens is 1. The fourth-order valence-corrected chi connectivity index (χ4v) is 7.07. The predicted molar refractivity (Wildman–Crippen MR) is 172 cm³/mol. The van der Waals surface area contributed by atoms with E-state index in [1.54, 1.807) is 17.2 Å². The van der Waals surface area contributed by atoms with E-state index in [4.69, 9.17) is 14.2 Å². The van der Waals surface area contributed by atoms with Gasteiger partial charge in [-0.1, -0.05) is 48.6 Å². The lowest BCUT2D eigenvalue weighted by atomic mass is 9.79. The average Bonchev–Trinajstić information content (AvgIpc) is 3.59. The Morgan fingerprint density at radius 1 is 0.870 bits per heavy atom. The number of fused-ring (bicyclic) bond motifs is 4. The van der Waals surface area contributed by atoms with Gasteiger partial charge in [0.2, 0.25) is 11.8 Å². The third-order valence-corrected chi connectivity index (χ3v) is 9.46. The molecule has 2 N–H and O–H groups in total. The topological polar surface area (TPSA) is 119 Å². The van der Waals surface area contributed by atoms with Gasteiger partial charge in [-0.15, -0.1) is 0 Å². The number of carbonyl (C=O) groups is 3. The molecule has 3 atom stereocenters. The first-order valence-corrected chi connectivity index (χ1v) is 16.0. The van der Waals surface area contributed by atoms with Crippen LogP contribution < -0.4 is 10.6 Å². The predicted octanol–water partition coefficient (Wildman–Crippen LogP) is 3.26. The fraction of sp³-hybridized carbons (Fsp3) is 0.389. The highest BCUT2D eigenvalue weighted by Crippen LogP contribution is 2.47. The van der Waals surface area contributed by atoms with Crippen LogP contribution in [0.15, 0.2) is 66.9 Å². The summed E-state index contributed by atoms with van der Waals surface area (Å²) in [5.74, 6) is 0.157. The number of ether oxygens (including phenoxy) is 3. The minimum absolute atomic E-state index is 0.0731. The molecular weight excluding hydrogens is 584 g/mol. The van der Waals surface area contributed by atoms with Gasteiger partial charge in [-0.3, -0.25) is 14.4 Å². The molecule has 3 aromatic rings. The first-order chi connectivity index (χ1) is 22.5. The summed E-state index contributed by atoms with van der Waals surface area (Å²) in [6.07, 6.45) is 7.11. The average molecular weight is 623 g/mol. The van der Waals surface area contributed by atoms with Crippen molar-refractivity contribution in [1.29, 1.82) is 0 Å². The van der Waals surface area contributed by atoms with E-state index < -0.39 is 11.5 Å². The highest BCUT2D eigenvalue weighted by Gasteiger charge is 2.51. The lowest BCUT2D eigenvalue weighted by Gasteiger charge is -2.38. The van der Waals surface area contributed by atoms with Crippen LogP contribution in [0.1, 0.15) is 50.5 Å². The molecule has 4 heterocycles. The first-order valence-electron chi connectivity index (χ1n) is 16.0. The van der Waals surface area contributed by atoms with Crippen molar-refractivity contribution in [1.82, 2.24) is 15.2 Å². The van der Waals surface area contributed by atoms with Crippen LogP contribution in [0.3, 0.4) is 0 Å². The van der Waals surface area contributed by atoms with Gasteiger partial charge in [0.1, 0.15) is 11.9 Å². The maximum absolute atomic E-state index is 13.7. The van der Waals surface area contributed by atoms with E-state index in [2.05, 4.69) is 27.8 Å². The van der Waals surface area contributed by atoms with Gasteiger partial charge in [-0.05, 0) is 59.7 Å².